The van der Waals surface area contributed by atoms with Crippen LogP contribution in [0, 0.1) is 0 Å². The van der Waals surface area contributed by atoms with Crippen LogP contribution in [-0.2, 0) is 19.2 Å². The molecular weight excluding hydrogens is 166 g/mol. The Kier molecular flexibility index (Phi) is 4.28. The summed E-state index contributed by atoms with van der Waals surface area (Å²) in [6.07, 6.45) is 0. The number of nitrogens with two attached hydrogens (primary N) is 1. The molecule has 2 N–H and O–H groups in total. The minimum absolute atomic E-state index is 0.0513. The van der Waals surface area contributed by atoms with Gasteiger partial charge in [-0.3, -0.25) is 0 Å². The molecule has 0 fully saturated rings. The van der Waals surface area contributed by atoms with Gasteiger partial charge in [0.25, 0.3) is 0 Å². The fourth-order valence-corrected chi connectivity index (χ4v) is 0.420. The third-order valence-electron chi connectivity index (χ3n) is 0.869. The van der Waals surface area contributed by atoms with Gasteiger partial charge < -0.3 is 15.1 Å². The van der Waals surface area contributed by atoms with Crippen LogP contribution in [0.15, 0.2) is 0 Å². The summed E-state index contributed by atoms with van der Waals surface area (Å²) < 4.78 is 4.33. The summed E-state index contributed by atoms with van der Waals surface area (Å²) in [6.45, 7) is 1.58. The molecule has 7 nitrogen and oxygen atoms in total. The molecule has 0 radical (unpaired) electrons. The van der Waals surface area contributed by atoms with Crippen LogP contribution in [0.25, 0.3) is 5.53 Å². The summed E-state index contributed by atoms with van der Waals surface area (Å²) in [5, 5.41) is 0. The molecule has 0 spiro atoms. The van der Waals surface area contributed by atoms with E-state index in [1.165, 1.54) is 6.92 Å². The average Bonchev–Trinajstić information content (AvgIpc) is 2.06. The second-order valence-electron chi connectivity index (χ2n) is 1.57. The zero-order valence-corrected chi connectivity index (χ0v) is 6.31. The number of esters is 1. The van der Waals surface area contributed by atoms with Gasteiger partial charge in [0, 0.05) is 0 Å². The first-order valence-corrected chi connectivity index (χ1v) is 2.97. The van der Waals surface area contributed by atoms with Gasteiger partial charge in [-0.15, -0.1) is 0 Å². The fourth-order valence-electron chi connectivity index (χ4n) is 0.420. The lowest BCUT2D eigenvalue weighted by molar-refractivity contribution is -0.149. The Bertz CT molecular complexity index is 243. The standard InChI is InChI=1S/C5H7N3O4/c1-2-11-4(9)3(8-6)5(10)12-7/h2,7H2,1H3. The van der Waals surface area contributed by atoms with Crippen LogP contribution in [0.1, 0.15) is 6.92 Å². The molecule has 0 atom stereocenters. The van der Waals surface area contributed by atoms with Crippen molar-refractivity contribution >= 4 is 17.7 Å². The zero-order valence-electron chi connectivity index (χ0n) is 6.31. The van der Waals surface area contributed by atoms with Crippen molar-refractivity contribution in [2.24, 2.45) is 5.90 Å². The Balaban J connectivity index is 4.48. The van der Waals surface area contributed by atoms with Crippen LogP contribution >= 0.6 is 0 Å². The normalized spacial score (nSPS) is 8.17. The number of ether oxygens (including phenoxy) is 1. The molecule has 0 heterocycles. The minimum atomic E-state index is -1.25. The summed E-state index contributed by atoms with van der Waals surface area (Å²) >= 11 is 0. The molecule has 0 saturated heterocycles. The Labute approximate surface area is 67.6 Å². The molecule has 0 aromatic carbocycles. The van der Waals surface area contributed by atoms with Crippen molar-refractivity contribution in [1.82, 2.24) is 0 Å². The van der Waals surface area contributed by atoms with E-state index in [0.717, 1.165) is 0 Å². The molecule has 12 heavy (non-hydrogen) atoms. The SMILES string of the molecule is CCOC(=O)C(=[N+]=[N-])C(=O)ON. The van der Waals surface area contributed by atoms with Crippen molar-refractivity contribution in [1.29, 1.82) is 0 Å². The zero-order chi connectivity index (χ0) is 9.56. The number of hydrogen-bond donors (Lipinski definition) is 1. The second kappa shape index (κ2) is 5.00. The molecule has 0 aromatic heterocycles. The van der Waals surface area contributed by atoms with Gasteiger partial charge in [0.1, 0.15) is 0 Å². The maximum absolute atomic E-state index is 10.7. The molecule has 0 unspecified atom stereocenters. The summed E-state index contributed by atoms with van der Waals surface area (Å²) in [4.78, 5) is 27.2. The van der Waals surface area contributed by atoms with Crippen molar-refractivity contribution < 1.29 is 24.0 Å². The van der Waals surface area contributed by atoms with Gasteiger partial charge in [-0.25, -0.2) is 9.59 Å². The number of nitrogens with zero attached hydrogens (tertiary/aromatic N) is 2. The Morgan fingerprint density at radius 1 is 1.50 bits per heavy atom. The molecule has 0 aromatic rings. The highest BCUT2D eigenvalue weighted by Crippen LogP contribution is 1.83. The van der Waals surface area contributed by atoms with Crippen molar-refractivity contribution in [3.63, 3.8) is 0 Å². The second-order valence-corrected chi connectivity index (χ2v) is 1.57. The van der Waals surface area contributed by atoms with Gasteiger partial charge in [0.15, 0.2) is 0 Å². The predicted molar refractivity (Wildman–Crippen MR) is 35.5 cm³/mol. The van der Waals surface area contributed by atoms with Crippen LogP contribution in [0.5, 0.6) is 0 Å². The van der Waals surface area contributed by atoms with Gasteiger partial charge in [-0.2, -0.15) is 10.7 Å². The highest BCUT2D eigenvalue weighted by molar-refractivity contribution is 6.60. The number of rotatable bonds is 3. The first-order valence-electron chi connectivity index (χ1n) is 2.97. The molecule has 0 amide bonds. The van der Waals surface area contributed by atoms with E-state index in [0.29, 0.717) is 0 Å². The van der Waals surface area contributed by atoms with Crippen molar-refractivity contribution in [3.05, 3.63) is 5.53 Å². The molecule has 66 valence electrons. The first-order chi connectivity index (χ1) is 5.67. The average molecular weight is 173 g/mol. The van der Waals surface area contributed by atoms with E-state index in [1.807, 2.05) is 0 Å². The smallest absolute Gasteiger partial charge is 0.457 e. The molecule has 0 aliphatic heterocycles. The van der Waals surface area contributed by atoms with Gasteiger partial charge in [0.2, 0.25) is 0 Å². The number of carbonyl (C=O) groups is 2. The molecular formula is C5H7N3O4. The predicted octanol–water partition coefficient (Wildman–Crippen LogP) is -1.36. The number of carbonyl (C=O) groups excluding carboxylic acids is 2. The van der Waals surface area contributed by atoms with Crippen LogP contribution < -0.4 is 5.90 Å². The third kappa shape index (κ3) is 2.49. The van der Waals surface area contributed by atoms with Gasteiger partial charge in [0.05, 0.1) is 6.61 Å². The summed E-state index contributed by atoms with van der Waals surface area (Å²) in [7, 11) is 0. The first kappa shape index (κ1) is 10.3. The summed E-state index contributed by atoms with van der Waals surface area (Å²) in [5.74, 6) is 2.09. The summed E-state index contributed by atoms with van der Waals surface area (Å²) in [6, 6.07) is 0. The highest BCUT2D eigenvalue weighted by atomic mass is 16.7. The van der Waals surface area contributed by atoms with E-state index in [2.05, 4.69) is 20.3 Å². The third-order valence-corrected chi connectivity index (χ3v) is 0.869. The fraction of sp³-hybridized carbons (Fsp3) is 0.400. The topological polar surface area (TPSA) is 115 Å². The van der Waals surface area contributed by atoms with Crippen LogP contribution in [0.3, 0.4) is 0 Å². The van der Waals surface area contributed by atoms with E-state index in [1.54, 1.807) is 0 Å². The maximum atomic E-state index is 10.7. The van der Waals surface area contributed by atoms with Gasteiger partial charge in [-0.05, 0) is 6.92 Å². The molecule has 0 bridgehead atoms. The molecule has 7 heteroatoms. The minimum Gasteiger partial charge on any atom is -0.457 e. The lowest BCUT2D eigenvalue weighted by Crippen LogP contribution is -2.30. The largest absolute Gasteiger partial charge is 0.484 e. The Morgan fingerprint density at radius 2 is 2.08 bits per heavy atom. The van der Waals surface area contributed by atoms with Gasteiger partial charge >= 0.3 is 17.7 Å². The van der Waals surface area contributed by atoms with Crippen molar-refractivity contribution in [2.45, 2.75) is 6.92 Å². The quantitative estimate of drug-likeness (QED) is 0.141. The molecule has 0 aliphatic rings. The van der Waals surface area contributed by atoms with Crippen molar-refractivity contribution in [3.8, 4) is 0 Å². The lowest BCUT2D eigenvalue weighted by Gasteiger charge is -1.94. The molecule has 0 saturated carbocycles. The maximum Gasteiger partial charge on any atom is 0.484 e. The highest BCUT2D eigenvalue weighted by Gasteiger charge is 2.32. The van der Waals surface area contributed by atoms with Crippen LogP contribution in [-0.4, -0.2) is 29.0 Å². The Morgan fingerprint density at radius 3 is 2.42 bits per heavy atom. The van der Waals surface area contributed by atoms with E-state index >= 15 is 0 Å². The summed E-state index contributed by atoms with van der Waals surface area (Å²) in [5.41, 5.74) is 7.27. The van der Waals surface area contributed by atoms with Crippen molar-refractivity contribution in [2.75, 3.05) is 6.61 Å². The molecule has 0 rings (SSSR count). The van der Waals surface area contributed by atoms with E-state index in [9.17, 15) is 9.59 Å². The lowest BCUT2D eigenvalue weighted by atomic mass is 10.4. The van der Waals surface area contributed by atoms with E-state index in [4.69, 9.17) is 5.53 Å². The van der Waals surface area contributed by atoms with E-state index in [-0.39, 0.29) is 6.61 Å². The van der Waals surface area contributed by atoms with Crippen LogP contribution in [0.4, 0.5) is 0 Å². The molecule has 0 aliphatic carbocycles. The number of hydrogen-bond acceptors (Lipinski definition) is 5. The Hall–Kier alpha value is -1.72. The monoisotopic (exact) mass is 173 g/mol. The van der Waals surface area contributed by atoms with Crippen LogP contribution in [0.2, 0.25) is 0 Å². The van der Waals surface area contributed by atoms with Gasteiger partial charge in [-0.1, -0.05) is 0 Å². The van der Waals surface area contributed by atoms with E-state index < -0.39 is 17.7 Å².